The molecule has 13 rings (SSSR count). The van der Waals surface area contributed by atoms with Crippen LogP contribution in [-0.2, 0) is 40.0 Å². The lowest BCUT2D eigenvalue weighted by molar-refractivity contribution is -0.135. The summed E-state index contributed by atoms with van der Waals surface area (Å²) in [4.78, 5) is 157. The number of Topliss-reactive ketones (excluding diaryl/α,β-unsaturated/α-hetero) is 2. The van der Waals surface area contributed by atoms with Crippen molar-refractivity contribution in [1.29, 1.82) is 0 Å². The van der Waals surface area contributed by atoms with Crippen molar-refractivity contribution in [3.63, 3.8) is 0 Å². The smallest absolute Gasteiger partial charge is 0.332 e. The zero-order valence-corrected chi connectivity index (χ0v) is 70.4. The van der Waals surface area contributed by atoms with Crippen molar-refractivity contribution < 1.29 is 56.8 Å². The molecule has 626 valence electrons. The number of carbonyl (C=O) groups excluding carboxylic acids is 5. The van der Waals surface area contributed by atoms with Gasteiger partial charge >= 0.3 is 17.1 Å². The summed E-state index contributed by atoms with van der Waals surface area (Å²) in [5.41, 5.74) is -0.794. The number of ether oxygens (including phenoxy) is 4. The maximum Gasteiger partial charge on any atom is 0.332 e. The van der Waals surface area contributed by atoms with E-state index in [1.165, 1.54) is 151 Å². The van der Waals surface area contributed by atoms with Crippen molar-refractivity contribution in [3.8, 4) is 26.5 Å². The Morgan fingerprint density at radius 3 is 1.17 bits per heavy atom. The highest BCUT2D eigenvalue weighted by molar-refractivity contribution is 7.22. The summed E-state index contributed by atoms with van der Waals surface area (Å²) in [5.74, 6) is -0.676. The van der Waals surface area contributed by atoms with Crippen LogP contribution in [0.1, 0.15) is 172 Å². The fourth-order valence-corrected chi connectivity index (χ4v) is 17.0. The van der Waals surface area contributed by atoms with Crippen molar-refractivity contribution >= 4 is 93.9 Å². The number of amides is 3. The van der Waals surface area contributed by atoms with E-state index in [4.69, 9.17) is 18.9 Å². The van der Waals surface area contributed by atoms with E-state index in [0.717, 1.165) is 25.0 Å². The summed E-state index contributed by atoms with van der Waals surface area (Å²) in [7, 11) is 7.88. The maximum absolute atomic E-state index is 14.7. The highest BCUT2D eigenvalue weighted by Gasteiger charge is 2.35. The number of carbonyl (C=O) groups is 5. The van der Waals surface area contributed by atoms with Crippen molar-refractivity contribution in [2.24, 2.45) is 0 Å². The normalized spacial score (nSPS) is 14.7. The Morgan fingerprint density at radius 1 is 0.496 bits per heavy atom. The third-order valence-corrected chi connectivity index (χ3v) is 24.5. The van der Waals surface area contributed by atoms with Gasteiger partial charge in [-0.25, -0.2) is 36.9 Å². The molecule has 2 fully saturated rings. The van der Waals surface area contributed by atoms with Crippen LogP contribution in [0.3, 0.4) is 0 Å². The van der Waals surface area contributed by atoms with E-state index in [1.54, 1.807) is 55.8 Å². The monoisotopic (exact) mass is 1670 g/mol. The number of likely N-dealkylation sites (N-methyl/N-ethyl adjacent to an activating group) is 3. The summed E-state index contributed by atoms with van der Waals surface area (Å²) in [6, 6.07) is 5.02. The number of aromatic nitrogens is 15. The van der Waals surface area contributed by atoms with Crippen molar-refractivity contribution in [2.45, 2.75) is 202 Å². The zero-order chi connectivity index (χ0) is 85.5. The molecule has 9 aromatic heterocycles. The number of H-pyrrole nitrogens is 2. The van der Waals surface area contributed by atoms with Gasteiger partial charge in [-0.15, -0.1) is 14.4 Å². The largest absolute Gasteiger partial charge is 0.496 e. The van der Waals surface area contributed by atoms with Gasteiger partial charge in [0.15, 0.2) is 0 Å². The summed E-state index contributed by atoms with van der Waals surface area (Å²) in [5, 5.41) is 37.1. The molecule has 3 amide bonds. The van der Waals surface area contributed by atoms with Crippen LogP contribution in [0.4, 0.5) is 8.78 Å². The number of nitrogens with zero attached hydrogens (tertiary/aromatic N) is 16. The van der Waals surface area contributed by atoms with Gasteiger partial charge in [0.05, 0.1) is 92.9 Å². The number of methoxy groups -OCH3 is 2. The predicted octanol–water partition coefficient (Wildman–Crippen LogP) is 8.49. The van der Waals surface area contributed by atoms with Crippen LogP contribution in [0.2, 0.25) is 0 Å². The Morgan fingerprint density at radius 2 is 0.821 bits per heavy atom. The van der Waals surface area contributed by atoms with E-state index in [9.17, 15) is 66.6 Å². The van der Waals surface area contributed by atoms with Gasteiger partial charge in [-0.1, -0.05) is 34.0 Å². The minimum absolute atomic E-state index is 0.0381. The number of aryl methyl sites for hydroxylation is 3. The Kier molecular flexibility index (Phi) is 28.6. The number of hydrogen-bond acceptors (Lipinski definition) is 25. The molecule has 3 N–H and O–H groups in total. The molecule has 11 aromatic rings. The summed E-state index contributed by atoms with van der Waals surface area (Å²) >= 11 is 3.61. The molecule has 5 atom stereocenters. The highest BCUT2D eigenvalue weighted by atomic mass is 32.1. The van der Waals surface area contributed by atoms with Crippen LogP contribution in [0.25, 0.3) is 45.7 Å². The number of nitrogens with one attached hydrogen (secondary N) is 2. The second-order valence-electron chi connectivity index (χ2n) is 29.3. The first-order chi connectivity index (χ1) is 55.5. The van der Waals surface area contributed by atoms with E-state index in [1.807, 2.05) is 41.5 Å². The number of rotatable bonds is 23. The van der Waals surface area contributed by atoms with Crippen molar-refractivity contribution in [2.75, 3.05) is 42.0 Å². The number of ketones is 2. The fourth-order valence-electron chi connectivity index (χ4n) is 13.6. The minimum Gasteiger partial charge on any atom is -0.496 e. The average Bonchev–Trinajstić information content (AvgIpc) is 1.62. The second kappa shape index (κ2) is 37.9. The third-order valence-electron chi connectivity index (χ3n) is 20.9. The molecule has 9 heterocycles. The molecule has 2 aliphatic rings. The topological polar surface area (TPSA) is 398 Å². The Labute approximate surface area is 680 Å². The number of aromatic amines is 2. The molecule has 0 aliphatic heterocycles. The van der Waals surface area contributed by atoms with Crippen LogP contribution in [0.15, 0.2) is 102 Å². The Bertz CT molecular complexity index is 5630. The second-order valence-corrected chi connectivity index (χ2v) is 32.2. The molecular weight excluding hydrogens is 1580 g/mol. The van der Waals surface area contributed by atoms with Crippen LogP contribution in [0, 0.1) is 32.4 Å². The molecular formula is C78H96F2N18O16S3. The van der Waals surface area contributed by atoms with Crippen LogP contribution in [-0.4, -0.2) is 195 Å². The van der Waals surface area contributed by atoms with Crippen molar-refractivity contribution in [1.82, 2.24) is 87.9 Å². The van der Waals surface area contributed by atoms with Gasteiger partial charge in [0.25, 0.3) is 16.7 Å². The van der Waals surface area contributed by atoms with E-state index < -0.39 is 81.6 Å². The summed E-state index contributed by atoms with van der Waals surface area (Å²) in [6.45, 7) is 20.7. The van der Waals surface area contributed by atoms with Gasteiger partial charge in [-0.05, 0) is 145 Å². The lowest BCUT2D eigenvalue weighted by Gasteiger charge is -2.29. The molecule has 1 unspecified atom stereocenters. The molecule has 2 aromatic carbocycles. The Hall–Kier alpha value is -11.1. The van der Waals surface area contributed by atoms with Gasteiger partial charge in [0.1, 0.15) is 94.5 Å². The van der Waals surface area contributed by atoms with Crippen molar-refractivity contribution in [3.05, 3.63) is 176 Å². The molecule has 39 heteroatoms. The SMILES string of the molecule is COc1ccc(F)cc1[C@H](CO)OC1CCC(=O)CC1.COc1ccc(F)cc1[C@H](Cn1c(=O)n([C@@H](C)C(=O)N(C)C(C)C)c(=O)c2c(C)c(-n3nccn3)sc21)OC1CCC(=O)CC1.Cc1c(-n2nccn2)sc2[nH]c(=O)n(C(C)C(=O)N(C)C(C)C)c(=O)c12.Cc1c(-n2nccn2)sc2[nH]c(=O)n([C@@H](C)C(=O)N(C)C(C)C)c(=O)c12. The van der Waals surface area contributed by atoms with Crippen LogP contribution < -0.4 is 43.2 Å². The van der Waals surface area contributed by atoms with Gasteiger partial charge in [-0.2, -0.15) is 30.6 Å². The van der Waals surface area contributed by atoms with E-state index in [-0.39, 0.29) is 72.3 Å². The number of benzene rings is 2. The molecule has 0 spiro atoms. The van der Waals surface area contributed by atoms with Gasteiger partial charge < -0.3 is 38.8 Å². The minimum atomic E-state index is -1.12. The summed E-state index contributed by atoms with van der Waals surface area (Å²) < 4.78 is 55.5. The molecule has 117 heavy (non-hydrogen) atoms. The van der Waals surface area contributed by atoms with Gasteiger partial charge in [0, 0.05) is 92.8 Å². The standard InChI is InChI=1S/C31H37FN6O6S.2C16H20N6O3S.C15H19FO4/c1-17(2)35(5)27(40)19(4)37-28(41)26-18(3)29(38-33-13-14-34-38)45-30(26)36(31(37)42)16-25(44-22-10-8-21(39)9-11-22)23-15-20(32)7-12-24(23)43-6;2*1-8(2)20(5)13(23)10(4)21-14(24)11-9(3)15(22-17-6-7-18-22)26-12(11)19-16(21)25;1-19-14-7-2-10(16)8-13(14)15(9-17)20-12-5-3-11(18)4-6-12/h7,12-15,17,19,22,25H,8-11,16H2,1-6H3;2*6-8,10H,1-5H3,(H,19,25);2,7-8,12,15,17H,3-6,9H2,1H3/t19-,25-;10-;;15-/m00.0/s1. The summed E-state index contributed by atoms with van der Waals surface area (Å²) in [6.07, 6.45) is 11.2. The number of aliphatic hydroxyl groups is 1. The first kappa shape index (κ1) is 88.2. The lowest BCUT2D eigenvalue weighted by atomic mass is 9.96. The third kappa shape index (κ3) is 19.0. The number of halogens is 2. The van der Waals surface area contributed by atoms with Crippen LogP contribution >= 0.6 is 34.0 Å². The van der Waals surface area contributed by atoms with E-state index >= 15 is 0 Å². The van der Waals surface area contributed by atoms with Gasteiger partial charge in [-0.3, -0.25) is 52.9 Å². The lowest BCUT2D eigenvalue weighted by Crippen LogP contribution is -2.48. The molecule has 0 saturated heterocycles. The highest BCUT2D eigenvalue weighted by Crippen LogP contribution is 2.38. The van der Waals surface area contributed by atoms with Crippen LogP contribution in [0.5, 0.6) is 11.5 Å². The molecule has 34 nitrogen and oxygen atoms in total. The predicted molar refractivity (Wildman–Crippen MR) is 436 cm³/mol. The van der Waals surface area contributed by atoms with Gasteiger partial charge in [0.2, 0.25) is 17.7 Å². The number of hydrogen-bond donors (Lipinski definition) is 3. The fraction of sp³-hybridized carbons (Fsp3) is 0.474. The first-order valence-corrected chi connectivity index (χ1v) is 40.3. The maximum atomic E-state index is 14.7. The Balaban J connectivity index is 0.000000173. The first-order valence-electron chi connectivity index (χ1n) is 37.9. The molecule has 2 saturated carbocycles. The van der Waals surface area contributed by atoms with E-state index in [0.29, 0.717) is 131 Å². The quantitative estimate of drug-likeness (QED) is 0.0540. The molecule has 2 aliphatic carbocycles. The number of fused-ring (bicyclic) bond motifs is 3. The number of aliphatic hydroxyl groups excluding tert-OH is 1. The average molecular weight is 1680 g/mol. The zero-order valence-electron chi connectivity index (χ0n) is 68.0. The van der Waals surface area contributed by atoms with E-state index in [2.05, 4.69) is 40.6 Å². The molecule has 0 bridgehead atoms. The number of thiophene rings is 3. The molecule has 0 radical (unpaired) electrons.